The summed E-state index contributed by atoms with van der Waals surface area (Å²) in [5, 5.41) is 11.7. The molecule has 8 heteroatoms. The molecule has 0 N–H and O–H groups in total. The summed E-state index contributed by atoms with van der Waals surface area (Å²) in [5.41, 5.74) is 4.04. The molecular weight excluding hydrogens is 420 g/mol. The van der Waals surface area contributed by atoms with E-state index in [2.05, 4.69) is 4.90 Å². The number of hydrogen-bond donors (Lipinski definition) is 0. The summed E-state index contributed by atoms with van der Waals surface area (Å²) in [6, 6.07) is 17.9. The normalized spacial score (nSPS) is 14.0. The molecule has 8 nitrogen and oxygen atoms in total. The summed E-state index contributed by atoms with van der Waals surface area (Å²) >= 11 is 0. The lowest BCUT2D eigenvalue weighted by Gasteiger charge is -2.36. The molecule has 0 saturated carbocycles. The van der Waals surface area contributed by atoms with Crippen LogP contribution in [-0.4, -0.2) is 46.9 Å². The number of rotatable bonds is 4. The number of fused-ring (bicyclic) bond motifs is 1. The standard InChI is InChI=1S/C25H22N4O4/c1-17-4-9-22-20(15-17)21(16-23(26-22)24-3-2-14-33-24)25(30)28-12-10-27(11-13-28)18-5-7-19(8-6-18)29(31)32/h2-9,14-16H,10-13H2,1H3. The number of furan rings is 1. The number of nitrogens with zero attached hydrogens (tertiary/aromatic N) is 4. The van der Waals surface area contributed by atoms with Gasteiger partial charge >= 0.3 is 0 Å². The van der Waals surface area contributed by atoms with Crippen LogP contribution in [0, 0.1) is 17.0 Å². The van der Waals surface area contributed by atoms with Gasteiger partial charge in [-0.3, -0.25) is 14.9 Å². The van der Waals surface area contributed by atoms with Crippen LogP contribution in [0.15, 0.2) is 71.3 Å². The van der Waals surface area contributed by atoms with Gasteiger partial charge in [0, 0.05) is 49.4 Å². The summed E-state index contributed by atoms with van der Waals surface area (Å²) in [6.45, 7) is 4.41. The van der Waals surface area contributed by atoms with E-state index in [-0.39, 0.29) is 11.6 Å². The number of non-ortho nitro benzene ring substituents is 1. The van der Waals surface area contributed by atoms with Gasteiger partial charge < -0.3 is 14.2 Å². The van der Waals surface area contributed by atoms with Gasteiger partial charge in [0.05, 0.1) is 22.3 Å². The molecule has 0 aliphatic carbocycles. The van der Waals surface area contributed by atoms with Crippen LogP contribution in [0.25, 0.3) is 22.4 Å². The summed E-state index contributed by atoms with van der Waals surface area (Å²) < 4.78 is 5.52. The smallest absolute Gasteiger partial charge is 0.269 e. The topological polar surface area (TPSA) is 92.7 Å². The Balaban J connectivity index is 1.40. The Morgan fingerprint density at radius 3 is 2.45 bits per heavy atom. The number of nitro benzene ring substituents is 1. The molecule has 4 aromatic rings. The first kappa shape index (κ1) is 20.7. The van der Waals surface area contributed by atoms with E-state index in [9.17, 15) is 14.9 Å². The maximum atomic E-state index is 13.6. The van der Waals surface area contributed by atoms with Crippen molar-refractivity contribution in [1.82, 2.24) is 9.88 Å². The Hall–Kier alpha value is -4.20. The van der Waals surface area contributed by atoms with Crippen molar-refractivity contribution >= 4 is 28.2 Å². The number of amides is 1. The van der Waals surface area contributed by atoms with Gasteiger partial charge in [0.25, 0.3) is 11.6 Å². The van der Waals surface area contributed by atoms with Crippen LogP contribution in [0.1, 0.15) is 15.9 Å². The van der Waals surface area contributed by atoms with E-state index < -0.39 is 4.92 Å². The fourth-order valence-corrected chi connectivity index (χ4v) is 4.19. The number of aryl methyl sites for hydroxylation is 1. The van der Waals surface area contributed by atoms with Crippen LogP contribution < -0.4 is 4.90 Å². The second-order valence-electron chi connectivity index (χ2n) is 8.11. The predicted molar refractivity (Wildman–Crippen MR) is 125 cm³/mol. The lowest BCUT2D eigenvalue weighted by molar-refractivity contribution is -0.384. The van der Waals surface area contributed by atoms with Gasteiger partial charge in [-0.15, -0.1) is 0 Å². The van der Waals surface area contributed by atoms with Crippen LogP contribution in [0.5, 0.6) is 0 Å². The molecule has 1 aliphatic rings. The Morgan fingerprint density at radius 2 is 1.79 bits per heavy atom. The Kier molecular flexibility index (Phi) is 5.26. The van der Waals surface area contributed by atoms with E-state index in [1.807, 2.05) is 42.2 Å². The third-order valence-electron chi connectivity index (χ3n) is 5.96. The molecule has 0 atom stereocenters. The van der Waals surface area contributed by atoms with Crippen LogP contribution in [0.2, 0.25) is 0 Å². The number of aromatic nitrogens is 1. The van der Waals surface area contributed by atoms with Crippen LogP contribution in [0.4, 0.5) is 11.4 Å². The number of benzene rings is 2. The first-order valence-corrected chi connectivity index (χ1v) is 10.7. The second kappa shape index (κ2) is 8.38. The third kappa shape index (κ3) is 4.03. The highest BCUT2D eigenvalue weighted by Crippen LogP contribution is 2.28. The largest absolute Gasteiger partial charge is 0.463 e. The highest BCUT2D eigenvalue weighted by Gasteiger charge is 2.25. The van der Waals surface area contributed by atoms with Gasteiger partial charge in [-0.1, -0.05) is 11.6 Å². The average molecular weight is 442 g/mol. The second-order valence-corrected chi connectivity index (χ2v) is 8.11. The van der Waals surface area contributed by atoms with Gasteiger partial charge in [0.15, 0.2) is 5.76 Å². The fraction of sp³-hybridized carbons (Fsp3) is 0.200. The first-order valence-electron chi connectivity index (χ1n) is 10.7. The van der Waals surface area contributed by atoms with Gasteiger partial charge in [-0.2, -0.15) is 0 Å². The molecular formula is C25H22N4O4. The third-order valence-corrected chi connectivity index (χ3v) is 5.96. The van der Waals surface area contributed by atoms with Crippen molar-refractivity contribution in [3.63, 3.8) is 0 Å². The molecule has 0 unspecified atom stereocenters. The molecule has 0 spiro atoms. The van der Waals surface area contributed by atoms with Crippen LogP contribution in [-0.2, 0) is 0 Å². The van der Waals surface area contributed by atoms with Crippen LogP contribution in [0.3, 0.4) is 0 Å². The van der Waals surface area contributed by atoms with Crippen molar-refractivity contribution in [3.8, 4) is 11.5 Å². The Bertz CT molecular complexity index is 1320. The molecule has 1 fully saturated rings. The molecule has 1 amide bonds. The molecule has 2 aromatic carbocycles. The van der Waals surface area contributed by atoms with Gasteiger partial charge in [0.2, 0.25) is 0 Å². The minimum Gasteiger partial charge on any atom is -0.463 e. The monoisotopic (exact) mass is 442 g/mol. The fourth-order valence-electron chi connectivity index (χ4n) is 4.19. The van der Waals surface area contributed by atoms with E-state index >= 15 is 0 Å². The zero-order valence-corrected chi connectivity index (χ0v) is 18.1. The lowest BCUT2D eigenvalue weighted by Crippen LogP contribution is -2.48. The summed E-state index contributed by atoms with van der Waals surface area (Å²) in [5.74, 6) is 0.582. The molecule has 5 rings (SSSR count). The molecule has 1 aliphatic heterocycles. The minimum absolute atomic E-state index is 0.0378. The predicted octanol–water partition coefficient (Wildman–Crippen LogP) is 4.67. The highest BCUT2D eigenvalue weighted by atomic mass is 16.6. The average Bonchev–Trinajstić information content (AvgIpc) is 3.38. The molecule has 1 saturated heterocycles. The van der Waals surface area contributed by atoms with Crippen molar-refractivity contribution in [1.29, 1.82) is 0 Å². The lowest BCUT2D eigenvalue weighted by atomic mass is 10.0. The van der Waals surface area contributed by atoms with E-state index in [0.29, 0.717) is 43.2 Å². The van der Waals surface area contributed by atoms with E-state index in [0.717, 1.165) is 22.2 Å². The summed E-state index contributed by atoms with van der Waals surface area (Å²) in [4.78, 5) is 32.8. The quantitative estimate of drug-likeness (QED) is 0.337. The number of hydrogen-bond acceptors (Lipinski definition) is 6. The van der Waals surface area contributed by atoms with Crippen LogP contribution >= 0.6 is 0 Å². The van der Waals surface area contributed by atoms with Gasteiger partial charge in [-0.25, -0.2) is 4.98 Å². The number of carbonyl (C=O) groups excluding carboxylic acids is 1. The first-order chi connectivity index (χ1) is 16.0. The summed E-state index contributed by atoms with van der Waals surface area (Å²) in [7, 11) is 0. The molecule has 166 valence electrons. The number of nitro groups is 1. The van der Waals surface area contributed by atoms with Crippen molar-refractivity contribution in [3.05, 3.63) is 88.2 Å². The van der Waals surface area contributed by atoms with Crippen molar-refractivity contribution in [2.45, 2.75) is 6.92 Å². The zero-order chi connectivity index (χ0) is 22.9. The maximum absolute atomic E-state index is 13.6. The highest BCUT2D eigenvalue weighted by molar-refractivity contribution is 6.07. The Morgan fingerprint density at radius 1 is 1.03 bits per heavy atom. The molecule has 3 heterocycles. The zero-order valence-electron chi connectivity index (χ0n) is 18.1. The number of piperazine rings is 1. The number of anilines is 1. The number of pyridine rings is 1. The van der Waals surface area contributed by atoms with Gasteiger partial charge in [-0.05, 0) is 49.4 Å². The molecule has 2 aromatic heterocycles. The van der Waals surface area contributed by atoms with Crippen molar-refractivity contribution in [2.24, 2.45) is 0 Å². The van der Waals surface area contributed by atoms with E-state index in [4.69, 9.17) is 9.40 Å². The Labute approximate surface area is 190 Å². The molecule has 0 radical (unpaired) electrons. The van der Waals surface area contributed by atoms with E-state index in [1.54, 1.807) is 24.5 Å². The minimum atomic E-state index is -0.405. The maximum Gasteiger partial charge on any atom is 0.269 e. The number of carbonyl (C=O) groups is 1. The molecule has 0 bridgehead atoms. The SMILES string of the molecule is Cc1ccc2nc(-c3ccco3)cc(C(=O)N3CCN(c4ccc([N+](=O)[O-])cc4)CC3)c2c1. The van der Waals surface area contributed by atoms with E-state index in [1.165, 1.54) is 12.1 Å². The van der Waals surface area contributed by atoms with Crippen molar-refractivity contribution in [2.75, 3.05) is 31.1 Å². The van der Waals surface area contributed by atoms with Gasteiger partial charge in [0.1, 0.15) is 5.69 Å². The van der Waals surface area contributed by atoms with Crippen molar-refractivity contribution < 1.29 is 14.1 Å². The summed E-state index contributed by atoms with van der Waals surface area (Å²) in [6.07, 6.45) is 1.59. The molecule has 33 heavy (non-hydrogen) atoms.